The average Bonchev–Trinajstić information content (AvgIpc) is 2.12. The van der Waals surface area contributed by atoms with Crippen LogP contribution in [0.3, 0.4) is 0 Å². The number of primary amides is 1. The van der Waals surface area contributed by atoms with Crippen LogP contribution in [0.5, 0.6) is 0 Å². The molecule has 0 spiro atoms. The Morgan fingerprint density at radius 2 is 2.07 bits per heavy atom. The predicted molar refractivity (Wildman–Crippen MR) is 65.9 cm³/mol. The zero-order chi connectivity index (χ0) is 11.4. The molecule has 0 aromatic heterocycles. The Balaban J connectivity index is 4.77. The first-order valence-corrected chi connectivity index (χ1v) is 5.50. The van der Waals surface area contributed by atoms with Crippen LogP contribution in [0, 0.1) is 5.41 Å². The SMILES string of the molecule is C/C(=C\C=C\I)C(O)C(C)(C)C(N)=O. The van der Waals surface area contributed by atoms with Gasteiger partial charge < -0.3 is 10.8 Å². The number of carbonyl (C=O) groups is 1. The van der Waals surface area contributed by atoms with Gasteiger partial charge >= 0.3 is 0 Å². The maximum Gasteiger partial charge on any atom is 0.226 e. The zero-order valence-electron chi connectivity index (χ0n) is 8.62. The normalized spacial score (nSPS) is 15.9. The van der Waals surface area contributed by atoms with Crippen molar-refractivity contribution in [1.82, 2.24) is 0 Å². The molecule has 0 aromatic rings. The van der Waals surface area contributed by atoms with Crippen molar-refractivity contribution in [3.8, 4) is 0 Å². The lowest BCUT2D eigenvalue weighted by Crippen LogP contribution is -2.42. The van der Waals surface area contributed by atoms with E-state index in [9.17, 15) is 9.90 Å². The van der Waals surface area contributed by atoms with Crippen molar-refractivity contribution in [1.29, 1.82) is 0 Å². The van der Waals surface area contributed by atoms with Crippen LogP contribution in [-0.2, 0) is 4.79 Å². The number of hydrogen-bond acceptors (Lipinski definition) is 2. The van der Waals surface area contributed by atoms with Gasteiger partial charge in [-0.15, -0.1) is 0 Å². The monoisotopic (exact) mass is 309 g/mol. The van der Waals surface area contributed by atoms with Gasteiger partial charge in [0, 0.05) is 0 Å². The molecule has 0 fully saturated rings. The molecule has 0 aliphatic rings. The number of aliphatic hydroxyl groups is 1. The Morgan fingerprint density at radius 1 is 1.57 bits per heavy atom. The van der Waals surface area contributed by atoms with Crippen molar-refractivity contribution in [2.45, 2.75) is 26.9 Å². The third kappa shape index (κ3) is 3.42. The molecule has 0 bridgehead atoms. The summed E-state index contributed by atoms with van der Waals surface area (Å²) in [5, 5.41) is 9.84. The van der Waals surface area contributed by atoms with Gasteiger partial charge in [0.2, 0.25) is 5.91 Å². The number of halogens is 1. The second kappa shape index (κ2) is 5.50. The Bertz CT molecular complexity index is 269. The van der Waals surface area contributed by atoms with Crippen molar-refractivity contribution in [2.75, 3.05) is 0 Å². The van der Waals surface area contributed by atoms with Gasteiger partial charge in [-0.3, -0.25) is 4.79 Å². The van der Waals surface area contributed by atoms with E-state index in [1.807, 2.05) is 4.08 Å². The van der Waals surface area contributed by atoms with Crippen molar-refractivity contribution >= 4 is 28.5 Å². The van der Waals surface area contributed by atoms with E-state index in [0.717, 1.165) is 5.57 Å². The van der Waals surface area contributed by atoms with Gasteiger partial charge in [0.1, 0.15) is 0 Å². The van der Waals surface area contributed by atoms with Crippen LogP contribution in [0.2, 0.25) is 0 Å². The molecule has 1 amide bonds. The standard InChI is InChI=1S/C10H16INO2/c1-7(5-4-6-11)8(13)10(2,3)9(12)14/h4-6,8,13H,1-3H3,(H2,12,14)/b6-4+,7-5+. The minimum Gasteiger partial charge on any atom is -0.388 e. The summed E-state index contributed by atoms with van der Waals surface area (Å²) in [5.74, 6) is -0.504. The Hall–Kier alpha value is -0.360. The van der Waals surface area contributed by atoms with Gasteiger partial charge in [0.15, 0.2) is 0 Å². The molecule has 0 rings (SSSR count). The fourth-order valence-electron chi connectivity index (χ4n) is 0.983. The molecule has 1 unspecified atom stereocenters. The first kappa shape index (κ1) is 13.6. The van der Waals surface area contributed by atoms with Gasteiger partial charge in [-0.2, -0.15) is 0 Å². The first-order valence-electron chi connectivity index (χ1n) is 4.25. The summed E-state index contributed by atoms with van der Waals surface area (Å²) in [6, 6.07) is 0. The number of amides is 1. The second-order valence-corrected chi connectivity index (χ2v) is 4.44. The third-order valence-corrected chi connectivity index (χ3v) is 2.60. The quantitative estimate of drug-likeness (QED) is 0.614. The highest BCUT2D eigenvalue weighted by Crippen LogP contribution is 2.25. The number of allylic oxidation sites excluding steroid dienone is 2. The maximum atomic E-state index is 11.1. The molecule has 0 heterocycles. The molecule has 3 N–H and O–H groups in total. The highest BCUT2D eigenvalue weighted by molar-refractivity contribution is 14.1. The van der Waals surface area contributed by atoms with Crippen LogP contribution in [0.1, 0.15) is 20.8 Å². The van der Waals surface area contributed by atoms with E-state index in [0.29, 0.717) is 0 Å². The Labute approximate surface area is 98.2 Å². The van der Waals surface area contributed by atoms with Crippen LogP contribution in [0.25, 0.3) is 0 Å². The summed E-state index contributed by atoms with van der Waals surface area (Å²) in [4.78, 5) is 11.1. The van der Waals surface area contributed by atoms with Gasteiger partial charge in [0.25, 0.3) is 0 Å². The van der Waals surface area contributed by atoms with Gasteiger partial charge in [-0.05, 0) is 30.4 Å². The fraction of sp³-hybridized carbons (Fsp3) is 0.500. The molecule has 1 atom stereocenters. The van der Waals surface area contributed by atoms with E-state index in [4.69, 9.17) is 5.73 Å². The number of hydrogen-bond donors (Lipinski definition) is 2. The molecule has 0 radical (unpaired) electrons. The van der Waals surface area contributed by atoms with Crippen LogP contribution >= 0.6 is 22.6 Å². The summed E-state index contributed by atoms with van der Waals surface area (Å²) in [6.45, 7) is 5.03. The minimum atomic E-state index is -0.931. The van der Waals surface area contributed by atoms with Gasteiger partial charge in [-0.1, -0.05) is 34.7 Å². The molecule has 3 nitrogen and oxygen atoms in total. The summed E-state index contributed by atoms with van der Waals surface area (Å²) in [7, 11) is 0. The Morgan fingerprint density at radius 3 is 2.43 bits per heavy atom. The van der Waals surface area contributed by atoms with Crippen molar-refractivity contribution in [3.05, 3.63) is 21.8 Å². The molecule has 0 aliphatic carbocycles. The van der Waals surface area contributed by atoms with Gasteiger partial charge in [0.05, 0.1) is 11.5 Å². The van der Waals surface area contributed by atoms with E-state index in [1.165, 1.54) is 0 Å². The summed E-state index contributed by atoms with van der Waals surface area (Å²) < 4.78 is 1.82. The lowest BCUT2D eigenvalue weighted by atomic mass is 9.82. The molecule has 0 aliphatic heterocycles. The number of aliphatic hydroxyl groups excluding tert-OH is 1. The van der Waals surface area contributed by atoms with Crippen molar-refractivity contribution in [3.63, 3.8) is 0 Å². The highest BCUT2D eigenvalue weighted by Gasteiger charge is 2.34. The van der Waals surface area contributed by atoms with Crippen LogP contribution in [-0.4, -0.2) is 17.1 Å². The summed E-state index contributed by atoms with van der Waals surface area (Å²) >= 11 is 2.08. The molecule has 0 aromatic carbocycles. The number of nitrogens with two attached hydrogens (primary N) is 1. The molecule has 0 saturated heterocycles. The summed E-state index contributed by atoms with van der Waals surface area (Å²) in [6.07, 6.45) is 2.73. The van der Waals surface area contributed by atoms with Crippen molar-refractivity contribution < 1.29 is 9.90 Å². The van der Waals surface area contributed by atoms with Crippen LogP contribution in [0.15, 0.2) is 21.8 Å². The topological polar surface area (TPSA) is 63.3 Å². The summed E-state index contributed by atoms with van der Waals surface area (Å²) in [5.41, 5.74) is 4.98. The first-order chi connectivity index (χ1) is 6.34. The number of carbonyl (C=O) groups excluding carboxylic acids is 1. The lowest BCUT2D eigenvalue weighted by molar-refractivity contribution is -0.130. The average molecular weight is 309 g/mol. The van der Waals surface area contributed by atoms with Gasteiger partial charge in [-0.25, -0.2) is 0 Å². The molecular formula is C10H16INO2. The van der Waals surface area contributed by atoms with E-state index >= 15 is 0 Å². The predicted octanol–water partition coefficient (Wildman–Crippen LogP) is 1.75. The molecular weight excluding hydrogens is 293 g/mol. The van der Waals surface area contributed by atoms with E-state index in [2.05, 4.69) is 22.6 Å². The van der Waals surface area contributed by atoms with E-state index in [1.54, 1.807) is 32.9 Å². The van der Waals surface area contributed by atoms with Crippen LogP contribution < -0.4 is 5.73 Å². The zero-order valence-corrected chi connectivity index (χ0v) is 10.8. The minimum absolute atomic E-state index is 0.504. The smallest absolute Gasteiger partial charge is 0.226 e. The maximum absolute atomic E-state index is 11.1. The molecule has 14 heavy (non-hydrogen) atoms. The highest BCUT2D eigenvalue weighted by atomic mass is 127. The number of rotatable bonds is 4. The van der Waals surface area contributed by atoms with E-state index in [-0.39, 0.29) is 0 Å². The third-order valence-electron chi connectivity index (χ3n) is 2.18. The largest absolute Gasteiger partial charge is 0.388 e. The molecule has 0 saturated carbocycles. The molecule has 4 heteroatoms. The van der Waals surface area contributed by atoms with Crippen molar-refractivity contribution in [2.24, 2.45) is 11.1 Å². The fourth-order valence-corrected chi connectivity index (χ4v) is 1.19. The Kier molecular flexibility index (Phi) is 5.36. The second-order valence-electron chi connectivity index (χ2n) is 3.72. The van der Waals surface area contributed by atoms with E-state index < -0.39 is 17.4 Å². The van der Waals surface area contributed by atoms with Crippen LogP contribution in [0.4, 0.5) is 0 Å². The molecule has 80 valence electrons. The lowest BCUT2D eigenvalue weighted by Gasteiger charge is -2.27.